The van der Waals surface area contributed by atoms with Gasteiger partial charge in [0.2, 0.25) is 15.9 Å². The predicted molar refractivity (Wildman–Crippen MR) is 87.2 cm³/mol. The number of hydrogen-bond acceptors (Lipinski definition) is 4. The Balaban J connectivity index is 2.98. The van der Waals surface area contributed by atoms with Crippen LogP contribution in [0.5, 0.6) is 0 Å². The van der Waals surface area contributed by atoms with Gasteiger partial charge in [-0.05, 0) is 36.8 Å². The number of rotatable bonds is 7. The first-order valence-corrected chi connectivity index (χ1v) is 9.42. The lowest BCUT2D eigenvalue weighted by atomic mass is 10.1. The van der Waals surface area contributed by atoms with Crippen molar-refractivity contribution < 1.29 is 13.2 Å². The largest absolute Gasteiger partial charge is 0.325 e. The number of thioether (sulfide) groups is 1. The Morgan fingerprint density at radius 1 is 1.33 bits per heavy atom. The van der Waals surface area contributed by atoms with Gasteiger partial charge in [0.25, 0.3) is 0 Å². The number of hydrogen-bond donors (Lipinski definition) is 2. The Morgan fingerprint density at radius 2 is 2.00 bits per heavy atom. The molecule has 0 aliphatic carbocycles. The molecular formula is C14H22N2O3S2. The van der Waals surface area contributed by atoms with Gasteiger partial charge in [-0.15, -0.1) is 11.8 Å². The van der Waals surface area contributed by atoms with Gasteiger partial charge in [-0.2, -0.15) is 0 Å². The van der Waals surface area contributed by atoms with Crippen molar-refractivity contribution in [2.24, 2.45) is 5.92 Å². The standard InChI is InChI=1S/C14H22N2O3S2/c1-10(2)7-8-15-21(18,19)12-5-6-14(20-4)13(9-12)16-11(3)17/h5-6,9-10,15H,7-8H2,1-4H3,(H,16,17). The highest BCUT2D eigenvalue weighted by molar-refractivity contribution is 7.98. The molecule has 0 aliphatic rings. The van der Waals surface area contributed by atoms with Crippen LogP contribution >= 0.6 is 11.8 Å². The summed E-state index contributed by atoms with van der Waals surface area (Å²) >= 11 is 1.45. The third-order valence-corrected chi connectivity index (χ3v) is 5.06. The maximum absolute atomic E-state index is 12.2. The number of nitrogens with one attached hydrogen (secondary N) is 2. The molecule has 0 spiro atoms. The van der Waals surface area contributed by atoms with Crippen molar-refractivity contribution in [3.63, 3.8) is 0 Å². The normalized spacial score (nSPS) is 11.7. The number of carbonyl (C=O) groups excluding carboxylic acids is 1. The molecule has 0 atom stereocenters. The Kier molecular flexibility index (Phi) is 6.70. The molecule has 1 amide bonds. The molecule has 1 aromatic carbocycles. The molecule has 21 heavy (non-hydrogen) atoms. The summed E-state index contributed by atoms with van der Waals surface area (Å²) in [5, 5.41) is 2.66. The van der Waals surface area contributed by atoms with Crippen molar-refractivity contribution in [1.82, 2.24) is 4.72 Å². The summed E-state index contributed by atoms with van der Waals surface area (Å²) in [5.41, 5.74) is 0.515. The van der Waals surface area contributed by atoms with Crippen LogP contribution in [-0.2, 0) is 14.8 Å². The molecule has 0 saturated heterocycles. The van der Waals surface area contributed by atoms with E-state index in [4.69, 9.17) is 0 Å². The number of carbonyl (C=O) groups is 1. The van der Waals surface area contributed by atoms with E-state index in [-0.39, 0.29) is 10.8 Å². The highest BCUT2D eigenvalue weighted by Gasteiger charge is 2.16. The lowest BCUT2D eigenvalue weighted by Crippen LogP contribution is -2.25. The van der Waals surface area contributed by atoms with Crippen molar-refractivity contribution in [1.29, 1.82) is 0 Å². The van der Waals surface area contributed by atoms with Crippen LogP contribution in [0.15, 0.2) is 28.0 Å². The summed E-state index contributed by atoms with van der Waals surface area (Å²) in [4.78, 5) is 12.2. The topological polar surface area (TPSA) is 75.3 Å². The molecule has 2 N–H and O–H groups in total. The minimum atomic E-state index is -3.55. The molecule has 118 valence electrons. The minimum absolute atomic E-state index is 0.160. The van der Waals surface area contributed by atoms with Crippen molar-refractivity contribution in [3.05, 3.63) is 18.2 Å². The van der Waals surface area contributed by atoms with Crippen molar-refractivity contribution in [3.8, 4) is 0 Å². The van der Waals surface area contributed by atoms with Crippen LogP contribution < -0.4 is 10.0 Å². The summed E-state index contributed by atoms with van der Waals surface area (Å²) in [6.45, 7) is 5.87. The monoisotopic (exact) mass is 330 g/mol. The first kappa shape index (κ1) is 18.0. The van der Waals surface area contributed by atoms with Gasteiger partial charge in [-0.1, -0.05) is 13.8 Å². The summed E-state index contributed by atoms with van der Waals surface area (Å²) in [5.74, 6) is 0.203. The molecule has 0 radical (unpaired) electrons. The molecule has 0 heterocycles. The van der Waals surface area contributed by atoms with Crippen LogP contribution in [0.3, 0.4) is 0 Å². The van der Waals surface area contributed by atoms with Crippen molar-refractivity contribution in [2.75, 3.05) is 18.1 Å². The van der Waals surface area contributed by atoms with E-state index in [2.05, 4.69) is 10.0 Å². The highest BCUT2D eigenvalue weighted by Crippen LogP contribution is 2.28. The highest BCUT2D eigenvalue weighted by atomic mass is 32.2. The molecule has 1 aromatic rings. The fourth-order valence-corrected chi connectivity index (χ4v) is 3.31. The maximum Gasteiger partial charge on any atom is 0.240 e. The number of amides is 1. The average Bonchev–Trinajstić information content (AvgIpc) is 2.37. The fraction of sp³-hybridized carbons (Fsp3) is 0.500. The lowest BCUT2D eigenvalue weighted by Gasteiger charge is -2.12. The van der Waals surface area contributed by atoms with E-state index in [9.17, 15) is 13.2 Å². The van der Waals surface area contributed by atoms with Gasteiger partial charge in [0.1, 0.15) is 0 Å². The zero-order valence-electron chi connectivity index (χ0n) is 12.8. The third-order valence-electron chi connectivity index (χ3n) is 2.81. The summed E-state index contributed by atoms with van der Waals surface area (Å²) in [6, 6.07) is 4.74. The molecular weight excluding hydrogens is 308 g/mol. The van der Waals surface area contributed by atoms with E-state index >= 15 is 0 Å². The molecule has 0 saturated carbocycles. The molecule has 0 aromatic heterocycles. The second-order valence-electron chi connectivity index (χ2n) is 5.12. The van der Waals surface area contributed by atoms with Crippen LogP contribution in [0.25, 0.3) is 0 Å². The quantitative estimate of drug-likeness (QED) is 0.754. The Labute approximate surface area is 130 Å². The fourth-order valence-electron chi connectivity index (χ4n) is 1.71. The van der Waals surface area contributed by atoms with Crippen LogP contribution in [0.2, 0.25) is 0 Å². The molecule has 7 heteroatoms. The van der Waals surface area contributed by atoms with E-state index in [1.165, 1.54) is 24.8 Å². The second kappa shape index (κ2) is 7.82. The first-order valence-electron chi connectivity index (χ1n) is 6.71. The maximum atomic E-state index is 12.2. The van der Waals surface area contributed by atoms with Gasteiger partial charge in [0.15, 0.2) is 0 Å². The van der Waals surface area contributed by atoms with Gasteiger partial charge in [0.05, 0.1) is 10.6 Å². The van der Waals surface area contributed by atoms with Crippen molar-refractivity contribution in [2.45, 2.75) is 37.0 Å². The van der Waals surface area contributed by atoms with E-state index in [0.717, 1.165) is 11.3 Å². The SMILES string of the molecule is CSc1ccc(S(=O)(=O)NCCC(C)C)cc1NC(C)=O. The summed E-state index contributed by atoms with van der Waals surface area (Å²) < 4.78 is 27.0. The van der Waals surface area contributed by atoms with E-state index in [1.54, 1.807) is 12.1 Å². The Bertz CT molecular complexity index is 598. The molecule has 1 rings (SSSR count). The second-order valence-corrected chi connectivity index (χ2v) is 7.74. The van der Waals surface area contributed by atoms with Crippen LogP contribution in [0.4, 0.5) is 5.69 Å². The number of anilines is 1. The average molecular weight is 330 g/mol. The van der Waals surface area contributed by atoms with Gasteiger partial charge in [0, 0.05) is 18.4 Å². The van der Waals surface area contributed by atoms with E-state index in [1.807, 2.05) is 20.1 Å². The third kappa shape index (κ3) is 5.68. The van der Waals surface area contributed by atoms with E-state index < -0.39 is 10.0 Å². The Morgan fingerprint density at radius 3 is 2.52 bits per heavy atom. The lowest BCUT2D eigenvalue weighted by molar-refractivity contribution is -0.114. The van der Waals surface area contributed by atoms with Gasteiger partial charge >= 0.3 is 0 Å². The van der Waals surface area contributed by atoms with Gasteiger partial charge in [-0.25, -0.2) is 13.1 Å². The summed E-state index contributed by atoms with van der Waals surface area (Å²) in [7, 11) is -3.55. The summed E-state index contributed by atoms with van der Waals surface area (Å²) in [6.07, 6.45) is 2.65. The zero-order valence-corrected chi connectivity index (χ0v) is 14.4. The molecule has 0 aliphatic heterocycles. The zero-order chi connectivity index (χ0) is 16.0. The number of benzene rings is 1. The van der Waals surface area contributed by atoms with E-state index in [0.29, 0.717) is 18.2 Å². The first-order chi connectivity index (χ1) is 9.76. The smallest absolute Gasteiger partial charge is 0.240 e. The molecule has 0 unspecified atom stereocenters. The number of sulfonamides is 1. The minimum Gasteiger partial charge on any atom is -0.325 e. The predicted octanol–water partition coefficient (Wildman–Crippen LogP) is 2.69. The molecule has 0 bridgehead atoms. The van der Waals surface area contributed by atoms with Gasteiger partial charge < -0.3 is 5.32 Å². The Hall–Kier alpha value is -1.05. The van der Waals surface area contributed by atoms with Crippen molar-refractivity contribution >= 4 is 33.4 Å². The molecule has 0 fully saturated rings. The van der Waals surface area contributed by atoms with Crippen LogP contribution in [0.1, 0.15) is 27.2 Å². The van der Waals surface area contributed by atoms with Gasteiger partial charge in [-0.3, -0.25) is 4.79 Å². The van der Waals surface area contributed by atoms with Crippen LogP contribution in [-0.4, -0.2) is 27.1 Å². The van der Waals surface area contributed by atoms with Crippen LogP contribution in [0, 0.1) is 5.92 Å². The molecule has 5 nitrogen and oxygen atoms in total.